The summed E-state index contributed by atoms with van der Waals surface area (Å²) in [7, 11) is 1.63. The molecule has 200 valence electrons. The van der Waals surface area contributed by atoms with Gasteiger partial charge in [-0.25, -0.2) is 4.98 Å². The minimum absolute atomic E-state index is 0.00510. The number of para-hydroxylation sites is 2. The highest BCUT2D eigenvalue weighted by molar-refractivity contribution is 5.78. The Hall–Kier alpha value is -3.80. The van der Waals surface area contributed by atoms with Crippen LogP contribution in [0.5, 0.6) is 11.5 Å². The van der Waals surface area contributed by atoms with Crippen LogP contribution in [-0.2, 0) is 29.6 Å². The number of benzene rings is 3. The maximum atomic E-state index is 12.5. The van der Waals surface area contributed by atoms with Crippen molar-refractivity contribution < 1.29 is 14.3 Å². The fourth-order valence-corrected chi connectivity index (χ4v) is 4.48. The fourth-order valence-electron chi connectivity index (χ4n) is 4.48. The van der Waals surface area contributed by atoms with E-state index < -0.39 is 0 Å². The molecule has 0 radical (unpaired) electrons. The van der Waals surface area contributed by atoms with Crippen LogP contribution in [0.2, 0.25) is 0 Å². The molecule has 6 nitrogen and oxygen atoms in total. The number of hydrogen-bond donors (Lipinski definition) is 1. The van der Waals surface area contributed by atoms with Crippen LogP contribution in [0.25, 0.3) is 11.0 Å². The van der Waals surface area contributed by atoms with Crippen molar-refractivity contribution in [3.63, 3.8) is 0 Å². The van der Waals surface area contributed by atoms with Crippen LogP contribution < -0.4 is 14.8 Å². The normalized spacial score (nSPS) is 11.5. The van der Waals surface area contributed by atoms with Crippen molar-refractivity contribution in [1.29, 1.82) is 0 Å². The van der Waals surface area contributed by atoms with Crippen LogP contribution in [0.3, 0.4) is 0 Å². The quantitative estimate of drug-likeness (QED) is 0.232. The highest BCUT2D eigenvalue weighted by Gasteiger charge is 2.13. The summed E-state index contributed by atoms with van der Waals surface area (Å²) in [6, 6.07) is 24.2. The van der Waals surface area contributed by atoms with Crippen LogP contribution >= 0.6 is 0 Å². The monoisotopic (exact) mass is 513 g/mol. The van der Waals surface area contributed by atoms with Crippen molar-refractivity contribution in [3.8, 4) is 11.5 Å². The highest BCUT2D eigenvalue weighted by Crippen LogP contribution is 2.24. The molecule has 4 rings (SSSR count). The number of fused-ring (bicyclic) bond motifs is 1. The molecular formula is C32H39N3O3. The molecule has 0 saturated carbocycles. The number of imidazole rings is 1. The summed E-state index contributed by atoms with van der Waals surface area (Å²) < 4.78 is 13.4. The summed E-state index contributed by atoms with van der Waals surface area (Å²) in [5, 5.41) is 3.04. The molecule has 1 amide bonds. The zero-order chi connectivity index (χ0) is 27.0. The van der Waals surface area contributed by atoms with Crippen LogP contribution in [0.15, 0.2) is 72.8 Å². The number of aromatic nitrogens is 2. The molecule has 1 N–H and O–H groups in total. The summed E-state index contributed by atoms with van der Waals surface area (Å²) in [5.41, 5.74) is 4.53. The third-order valence-electron chi connectivity index (χ3n) is 6.69. The summed E-state index contributed by atoms with van der Waals surface area (Å²) in [5.74, 6) is 2.70. The molecule has 0 saturated heterocycles. The van der Waals surface area contributed by atoms with Gasteiger partial charge < -0.3 is 19.4 Å². The number of carbonyl (C=O) groups excluding carboxylic acids is 1. The van der Waals surface area contributed by atoms with Crippen LogP contribution in [0.1, 0.15) is 50.6 Å². The second-order valence-electron chi connectivity index (χ2n) is 10.6. The second kappa shape index (κ2) is 12.6. The second-order valence-corrected chi connectivity index (χ2v) is 10.6. The standard InChI is InChI=1S/C32H39N3O3/c1-32(2,3)25-13-17-27(18-14-25)38-22-8-7-21-35-29-10-6-5-9-28(29)34-30(35)19-20-33-31(36)23-24-11-15-26(37-4)16-12-24/h5-6,9-18H,7-8,19-23H2,1-4H3,(H,33,36). The van der Waals surface area contributed by atoms with Crippen molar-refractivity contribution in [2.24, 2.45) is 0 Å². The Morgan fingerprint density at radius 1 is 0.921 bits per heavy atom. The van der Waals surface area contributed by atoms with E-state index in [2.05, 4.69) is 61.0 Å². The van der Waals surface area contributed by atoms with Crippen LogP contribution in [-0.4, -0.2) is 35.7 Å². The first kappa shape index (κ1) is 27.2. The van der Waals surface area contributed by atoms with Gasteiger partial charge in [-0.2, -0.15) is 0 Å². The molecule has 0 aliphatic carbocycles. The summed E-state index contributed by atoms with van der Waals surface area (Å²) >= 11 is 0. The SMILES string of the molecule is COc1ccc(CC(=O)NCCc2nc3ccccc3n2CCCCOc2ccc(C(C)(C)C)cc2)cc1. The lowest BCUT2D eigenvalue weighted by atomic mass is 9.87. The molecule has 0 aliphatic heterocycles. The average molecular weight is 514 g/mol. The number of rotatable bonds is 12. The van der Waals surface area contributed by atoms with Crippen molar-refractivity contribution in [1.82, 2.24) is 14.9 Å². The number of amides is 1. The third-order valence-corrected chi connectivity index (χ3v) is 6.69. The van der Waals surface area contributed by atoms with Gasteiger partial charge in [-0.15, -0.1) is 0 Å². The number of unbranched alkanes of at least 4 members (excludes halogenated alkanes) is 1. The number of nitrogens with zero attached hydrogens (tertiary/aromatic N) is 2. The van der Waals surface area contributed by atoms with Gasteiger partial charge in [0.05, 0.1) is 31.2 Å². The first-order valence-electron chi connectivity index (χ1n) is 13.4. The molecule has 0 aliphatic rings. The Kier molecular flexibility index (Phi) is 9.06. The average Bonchev–Trinajstić information content (AvgIpc) is 3.26. The van der Waals surface area contributed by atoms with Crippen molar-refractivity contribution in [3.05, 3.63) is 89.7 Å². The van der Waals surface area contributed by atoms with Gasteiger partial charge in [-0.3, -0.25) is 4.79 Å². The number of carbonyl (C=O) groups is 1. The van der Waals surface area contributed by atoms with E-state index in [0.717, 1.165) is 53.3 Å². The zero-order valence-corrected chi connectivity index (χ0v) is 23.0. The number of ether oxygens (including phenoxy) is 2. The van der Waals surface area contributed by atoms with E-state index >= 15 is 0 Å². The van der Waals surface area contributed by atoms with E-state index in [4.69, 9.17) is 14.5 Å². The Morgan fingerprint density at radius 3 is 2.34 bits per heavy atom. The van der Waals surface area contributed by atoms with Gasteiger partial charge in [-0.05, 0) is 65.8 Å². The van der Waals surface area contributed by atoms with Gasteiger partial charge in [0.1, 0.15) is 17.3 Å². The lowest BCUT2D eigenvalue weighted by Gasteiger charge is -2.19. The lowest BCUT2D eigenvalue weighted by molar-refractivity contribution is -0.120. The molecule has 0 atom stereocenters. The van der Waals surface area contributed by atoms with Crippen molar-refractivity contribution in [2.75, 3.05) is 20.3 Å². The molecule has 4 aromatic rings. The van der Waals surface area contributed by atoms with E-state index in [-0.39, 0.29) is 11.3 Å². The predicted molar refractivity (Wildman–Crippen MR) is 153 cm³/mol. The Bertz CT molecular complexity index is 1320. The first-order valence-corrected chi connectivity index (χ1v) is 13.4. The number of methoxy groups -OCH3 is 1. The lowest BCUT2D eigenvalue weighted by Crippen LogP contribution is -2.28. The van der Waals surface area contributed by atoms with E-state index in [9.17, 15) is 4.79 Å². The maximum Gasteiger partial charge on any atom is 0.224 e. The molecule has 0 bridgehead atoms. The van der Waals surface area contributed by atoms with E-state index in [1.54, 1.807) is 7.11 Å². The molecule has 3 aromatic carbocycles. The summed E-state index contributed by atoms with van der Waals surface area (Å²) in [6.45, 7) is 8.74. The third kappa shape index (κ3) is 7.37. The summed E-state index contributed by atoms with van der Waals surface area (Å²) in [6.07, 6.45) is 2.96. The van der Waals surface area contributed by atoms with Gasteiger partial charge in [0, 0.05) is 19.5 Å². The largest absolute Gasteiger partial charge is 0.497 e. The highest BCUT2D eigenvalue weighted by atomic mass is 16.5. The number of aryl methyl sites for hydroxylation is 1. The maximum absolute atomic E-state index is 12.5. The Labute approximate surface area is 226 Å². The molecule has 6 heteroatoms. The Morgan fingerprint density at radius 2 is 1.63 bits per heavy atom. The van der Waals surface area contributed by atoms with Crippen LogP contribution in [0, 0.1) is 0 Å². The van der Waals surface area contributed by atoms with E-state index in [0.29, 0.717) is 26.0 Å². The van der Waals surface area contributed by atoms with E-state index in [1.807, 2.05) is 42.5 Å². The summed E-state index contributed by atoms with van der Waals surface area (Å²) in [4.78, 5) is 17.3. The van der Waals surface area contributed by atoms with Crippen LogP contribution in [0.4, 0.5) is 0 Å². The van der Waals surface area contributed by atoms with Gasteiger partial charge in [-0.1, -0.05) is 57.2 Å². The topological polar surface area (TPSA) is 65.4 Å². The minimum atomic E-state index is 0.00510. The number of nitrogens with one attached hydrogen (secondary N) is 1. The molecule has 0 unspecified atom stereocenters. The molecule has 0 fully saturated rings. The van der Waals surface area contributed by atoms with Gasteiger partial charge in [0.2, 0.25) is 5.91 Å². The zero-order valence-electron chi connectivity index (χ0n) is 23.0. The minimum Gasteiger partial charge on any atom is -0.497 e. The molecule has 0 spiro atoms. The van der Waals surface area contributed by atoms with Gasteiger partial charge in [0.15, 0.2) is 0 Å². The predicted octanol–water partition coefficient (Wildman–Crippen LogP) is 6.10. The fraction of sp³-hybridized carbons (Fsp3) is 0.375. The molecule has 1 heterocycles. The molecule has 38 heavy (non-hydrogen) atoms. The van der Waals surface area contributed by atoms with E-state index in [1.165, 1.54) is 5.56 Å². The van der Waals surface area contributed by atoms with Crippen molar-refractivity contribution in [2.45, 2.75) is 58.4 Å². The van der Waals surface area contributed by atoms with Crippen molar-refractivity contribution >= 4 is 16.9 Å². The van der Waals surface area contributed by atoms with Gasteiger partial charge >= 0.3 is 0 Å². The smallest absolute Gasteiger partial charge is 0.224 e. The number of hydrogen-bond acceptors (Lipinski definition) is 4. The Balaban J connectivity index is 1.27. The molecular weight excluding hydrogens is 474 g/mol. The molecule has 1 aromatic heterocycles. The first-order chi connectivity index (χ1) is 18.3. The van der Waals surface area contributed by atoms with Gasteiger partial charge in [0.25, 0.3) is 0 Å².